The summed E-state index contributed by atoms with van der Waals surface area (Å²) in [4.78, 5) is 35.1. The van der Waals surface area contributed by atoms with Gasteiger partial charge in [-0.1, -0.05) is 55.3 Å². The normalized spacial score (nSPS) is 12.1. The molecule has 0 aliphatic heterocycles. The number of hydrogen-bond donors (Lipinski definition) is 2. The van der Waals surface area contributed by atoms with Crippen molar-refractivity contribution in [3.05, 3.63) is 76.3 Å². The number of rotatable bonds is 11. The van der Waals surface area contributed by atoms with Crippen molar-refractivity contribution >= 4 is 16.8 Å². The van der Waals surface area contributed by atoms with E-state index in [0.29, 0.717) is 42.7 Å². The number of nitrogens with one attached hydrogen (secondary N) is 1. The third kappa shape index (κ3) is 6.25. The molecule has 1 aromatic heterocycles. The van der Waals surface area contributed by atoms with Gasteiger partial charge in [0.1, 0.15) is 5.82 Å². The van der Waals surface area contributed by atoms with Gasteiger partial charge in [0.25, 0.3) is 5.56 Å². The van der Waals surface area contributed by atoms with Crippen molar-refractivity contribution in [2.45, 2.75) is 51.5 Å². The molecular weight excluding hydrogens is 388 g/mol. The first kappa shape index (κ1) is 22.7. The van der Waals surface area contributed by atoms with Crippen LogP contribution in [-0.4, -0.2) is 33.9 Å². The smallest absolute Gasteiger partial charge is 0.258 e. The minimum atomic E-state index is -0.310. The van der Waals surface area contributed by atoms with Crippen molar-refractivity contribution < 1.29 is 4.79 Å². The van der Waals surface area contributed by atoms with Crippen LogP contribution in [0.1, 0.15) is 56.5 Å². The van der Waals surface area contributed by atoms with Crippen molar-refractivity contribution in [3.8, 4) is 0 Å². The summed E-state index contributed by atoms with van der Waals surface area (Å²) < 4.78 is 0. The third-order valence-corrected chi connectivity index (χ3v) is 5.64. The summed E-state index contributed by atoms with van der Waals surface area (Å²) in [5.41, 5.74) is 7.21. The zero-order valence-corrected chi connectivity index (χ0v) is 18.2. The van der Waals surface area contributed by atoms with Gasteiger partial charge in [-0.15, -0.1) is 0 Å². The molecule has 6 heteroatoms. The summed E-state index contributed by atoms with van der Waals surface area (Å²) in [6.45, 7) is 3.27. The van der Waals surface area contributed by atoms with E-state index in [1.165, 1.54) is 0 Å². The second kappa shape index (κ2) is 11.4. The van der Waals surface area contributed by atoms with Crippen molar-refractivity contribution in [2.75, 3.05) is 13.1 Å². The highest BCUT2D eigenvalue weighted by Crippen LogP contribution is 2.20. The fourth-order valence-corrected chi connectivity index (χ4v) is 3.80. The molecule has 0 spiro atoms. The van der Waals surface area contributed by atoms with Crippen LogP contribution in [0.15, 0.2) is 59.4 Å². The zero-order valence-electron chi connectivity index (χ0n) is 18.2. The van der Waals surface area contributed by atoms with Crippen molar-refractivity contribution in [1.82, 2.24) is 14.9 Å². The second-order valence-electron chi connectivity index (χ2n) is 7.92. The van der Waals surface area contributed by atoms with Gasteiger partial charge < -0.3 is 15.6 Å². The minimum absolute atomic E-state index is 0.0750. The first-order valence-electron chi connectivity index (χ1n) is 11.1. The van der Waals surface area contributed by atoms with Crippen molar-refractivity contribution in [2.24, 2.45) is 5.73 Å². The monoisotopic (exact) mass is 420 g/mol. The average molecular weight is 421 g/mol. The van der Waals surface area contributed by atoms with E-state index in [1.807, 2.05) is 60.4 Å². The number of carbonyl (C=O) groups excluding carboxylic acids is 1. The van der Waals surface area contributed by atoms with E-state index in [0.717, 1.165) is 31.2 Å². The second-order valence-corrected chi connectivity index (χ2v) is 7.92. The number of hydrogen-bond acceptors (Lipinski definition) is 4. The number of aryl methyl sites for hydroxylation is 1. The Bertz CT molecular complexity index is 1030. The third-order valence-electron chi connectivity index (χ3n) is 5.64. The predicted molar refractivity (Wildman–Crippen MR) is 125 cm³/mol. The summed E-state index contributed by atoms with van der Waals surface area (Å²) >= 11 is 0. The van der Waals surface area contributed by atoms with Crippen LogP contribution < -0.4 is 11.3 Å². The molecule has 0 fully saturated rings. The summed E-state index contributed by atoms with van der Waals surface area (Å²) in [7, 11) is 0. The van der Waals surface area contributed by atoms with Gasteiger partial charge in [-0.3, -0.25) is 9.59 Å². The molecular formula is C25H32N4O2. The van der Waals surface area contributed by atoms with Gasteiger partial charge in [0.2, 0.25) is 5.91 Å². The maximum Gasteiger partial charge on any atom is 0.258 e. The SMILES string of the molecule is CC(c1nc2ccccc2c(=O)[nH]1)N(CCCCCCN)C(=O)CCc1ccccc1. The Morgan fingerprint density at radius 3 is 2.52 bits per heavy atom. The summed E-state index contributed by atoms with van der Waals surface area (Å²) in [5.74, 6) is 0.602. The van der Waals surface area contributed by atoms with Crippen molar-refractivity contribution in [3.63, 3.8) is 0 Å². The topological polar surface area (TPSA) is 92.1 Å². The number of amides is 1. The Labute approximate surface area is 183 Å². The Hall–Kier alpha value is -2.99. The van der Waals surface area contributed by atoms with Crippen molar-refractivity contribution in [1.29, 1.82) is 0 Å². The summed E-state index contributed by atoms with van der Waals surface area (Å²) in [6.07, 6.45) is 5.10. The van der Waals surface area contributed by atoms with Gasteiger partial charge in [0.15, 0.2) is 0 Å². The van der Waals surface area contributed by atoms with Crippen LogP contribution in [0, 0.1) is 0 Å². The molecule has 0 aliphatic rings. The highest BCUT2D eigenvalue weighted by Gasteiger charge is 2.23. The number of fused-ring (bicyclic) bond motifs is 1. The molecule has 164 valence electrons. The molecule has 0 bridgehead atoms. The van der Waals surface area contributed by atoms with E-state index >= 15 is 0 Å². The zero-order chi connectivity index (χ0) is 22.1. The Morgan fingerprint density at radius 1 is 1.03 bits per heavy atom. The molecule has 3 aromatic rings. The number of para-hydroxylation sites is 1. The lowest BCUT2D eigenvalue weighted by molar-refractivity contribution is -0.133. The summed E-state index contributed by atoms with van der Waals surface area (Å²) in [5, 5.41) is 0.558. The molecule has 6 nitrogen and oxygen atoms in total. The van der Waals surface area contributed by atoms with Gasteiger partial charge in [0, 0.05) is 13.0 Å². The number of unbranched alkanes of at least 4 members (excludes halogenated alkanes) is 3. The van der Waals surface area contributed by atoms with E-state index in [1.54, 1.807) is 6.07 Å². The fraction of sp³-hybridized carbons (Fsp3) is 0.400. The molecule has 0 radical (unpaired) electrons. The molecule has 0 saturated heterocycles. The molecule has 1 amide bonds. The van der Waals surface area contributed by atoms with Crippen LogP contribution in [-0.2, 0) is 11.2 Å². The molecule has 0 saturated carbocycles. The highest BCUT2D eigenvalue weighted by molar-refractivity contribution is 5.78. The molecule has 1 atom stereocenters. The predicted octanol–water partition coefficient (Wildman–Crippen LogP) is 3.96. The quantitative estimate of drug-likeness (QED) is 0.459. The molecule has 3 rings (SSSR count). The average Bonchev–Trinajstić information content (AvgIpc) is 2.80. The van der Waals surface area contributed by atoms with Gasteiger partial charge >= 0.3 is 0 Å². The van der Waals surface area contributed by atoms with Crippen LogP contribution in [0.4, 0.5) is 0 Å². The first-order chi connectivity index (χ1) is 15.1. The van der Waals surface area contributed by atoms with Gasteiger partial charge in [-0.25, -0.2) is 4.98 Å². The number of benzene rings is 2. The number of nitrogens with zero attached hydrogens (tertiary/aromatic N) is 2. The van der Waals surface area contributed by atoms with Crippen LogP contribution >= 0.6 is 0 Å². The van der Waals surface area contributed by atoms with Gasteiger partial charge in [-0.2, -0.15) is 0 Å². The fourth-order valence-electron chi connectivity index (χ4n) is 3.80. The standard InChI is InChI=1S/C25H32N4O2/c1-19(24-27-22-14-8-7-13-21(22)25(31)28-24)29(18-10-3-2-9-17-26)23(30)16-15-20-11-5-4-6-12-20/h4-8,11-14,19H,2-3,9-10,15-18,26H2,1H3,(H,27,28,31). The van der Waals surface area contributed by atoms with Gasteiger partial charge in [-0.05, 0) is 50.4 Å². The number of nitrogens with two attached hydrogens (primary N) is 1. The Balaban J connectivity index is 1.77. The largest absolute Gasteiger partial charge is 0.333 e. The molecule has 31 heavy (non-hydrogen) atoms. The van der Waals surface area contributed by atoms with Gasteiger partial charge in [0.05, 0.1) is 16.9 Å². The van der Waals surface area contributed by atoms with Crippen LogP contribution in [0.25, 0.3) is 10.9 Å². The van der Waals surface area contributed by atoms with E-state index in [-0.39, 0.29) is 17.5 Å². The van der Waals surface area contributed by atoms with E-state index in [4.69, 9.17) is 5.73 Å². The lowest BCUT2D eigenvalue weighted by atomic mass is 10.1. The molecule has 1 unspecified atom stereocenters. The highest BCUT2D eigenvalue weighted by atomic mass is 16.2. The lowest BCUT2D eigenvalue weighted by Gasteiger charge is -2.29. The van der Waals surface area contributed by atoms with E-state index < -0.39 is 0 Å². The van der Waals surface area contributed by atoms with E-state index in [2.05, 4.69) is 9.97 Å². The van der Waals surface area contributed by atoms with Crippen LogP contribution in [0.3, 0.4) is 0 Å². The maximum atomic E-state index is 13.2. The molecule has 1 heterocycles. The molecule has 2 aromatic carbocycles. The van der Waals surface area contributed by atoms with Crippen LogP contribution in [0.5, 0.6) is 0 Å². The minimum Gasteiger partial charge on any atom is -0.333 e. The summed E-state index contributed by atoms with van der Waals surface area (Å²) in [6, 6.07) is 17.0. The lowest BCUT2D eigenvalue weighted by Crippen LogP contribution is -2.36. The first-order valence-corrected chi connectivity index (χ1v) is 11.1. The Morgan fingerprint density at radius 2 is 1.74 bits per heavy atom. The van der Waals surface area contributed by atoms with E-state index in [9.17, 15) is 9.59 Å². The number of H-pyrrole nitrogens is 1. The van der Waals surface area contributed by atoms with Crippen LogP contribution in [0.2, 0.25) is 0 Å². The number of aromatic amines is 1. The molecule has 3 N–H and O–H groups in total. The number of carbonyl (C=O) groups is 1. The maximum absolute atomic E-state index is 13.2. The molecule has 0 aliphatic carbocycles. The number of aromatic nitrogens is 2. The Kier molecular flexibility index (Phi) is 8.35.